The van der Waals surface area contributed by atoms with Gasteiger partial charge in [-0.1, -0.05) is 25.1 Å². The Kier molecular flexibility index (Phi) is 4.62. The molecular weight excluding hydrogens is 308 g/mol. The van der Waals surface area contributed by atoms with Crippen LogP contribution in [0.5, 0.6) is 0 Å². The van der Waals surface area contributed by atoms with Gasteiger partial charge in [-0.05, 0) is 53.9 Å². The first kappa shape index (κ1) is 13.8. The minimum absolute atomic E-state index is 0.442. The van der Waals surface area contributed by atoms with Crippen molar-refractivity contribution in [1.29, 1.82) is 0 Å². The molecule has 0 unspecified atom stereocenters. The second-order valence-corrected chi connectivity index (χ2v) is 6.05. The molecule has 0 bridgehead atoms. The summed E-state index contributed by atoms with van der Waals surface area (Å²) in [5.74, 6) is 0. The fraction of sp³-hybridized carbons (Fsp3) is 0.500. The van der Waals surface area contributed by atoms with Crippen LogP contribution in [0.4, 0.5) is 5.69 Å². The molecule has 0 aliphatic heterocycles. The lowest BCUT2D eigenvalue weighted by atomic mass is 10.1. The normalized spacial score (nSPS) is 15.9. The maximum atomic E-state index is 5.68. The zero-order valence-corrected chi connectivity index (χ0v) is 13.1. The summed E-state index contributed by atoms with van der Waals surface area (Å²) in [6.45, 7) is 3.26. The molecule has 1 aliphatic rings. The maximum Gasteiger partial charge on any atom is 0.105 e. The quantitative estimate of drug-likeness (QED) is 0.852. The van der Waals surface area contributed by atoms with E-state index in [1.807, 2.05) is 6.07 Å². The third kappa shape index (κ3) is 2.86. The zero-order chi connectivity index (χ0) is 13.1. The molecule has 0 aromatic heterocycles. The van der Waals surface area contributed by atoms with E-state index >= 15 is 0 Å². The Morgan fingerprint density at radius 3 is 2.61 bits per heavy atom. The molecule has 2 rings (SSSR count). The van der Waals surface area contributed by atoms with Crippen LogP contribution in [0.15, 0.2) is 22.7 Å². The largest absolute Gasteiger partial charge is 0.389 e. The Bertz CT molecular complexity index is 441. The molecule has 0 amide bonds. The number of nitrogens with two attached hydrogens (primary N) is 1. The zero-order valence-electron chi connectivity index (χ0n) is 10.7. The van der Waals surface area contributed by atoms with Crippen molar-refractivity contribution in [3.05, 3.63) is 28.2 Å². The molecule has 1 aromatic rings. The Labute approximate surface area is 123 Å². The number of halogens is 1. The van der Waals surface area contributed by atoms with Gasteiger partial charge in [0.2, 0.25) is 0 Å². The van der Waals surface area contributed by atoms with Gasteiger partial charge >= 0.3 is 0 Å². The Hall–Kier alpha value is -0.610. The molecule has 1 fully saturated rings. The molecule has 1 aromatic carbocycles. The molecule has 0 saturated heterocycles. The van der Waals surface area contributed by atoms with E-state index in [4.69, 9.17) is 18.0 Å². The molecule has 1 aliphatic carbocycles. The first-order valence-corrected chi connectivity index (χ1v) is 7.69. The molecular formula is C14H19BrN2S. The summed E-state index contributed by atoms with van der Waals surface area (Å²) >= 11 is 8.59. The minimum Gasteiger partial charge on any atom is -0.389 e. The second-order valence-electron chi connectivity index (χ2n) is 4.75. The smallest absolute Gasteiger partial charge is 0.105 e. The van der Waals surface area contributed by atoms with E-state index in [1.54, 1.807) is 0 Å². The number of hydrogen-bond acceptors (Lipinski definition) is 2. The van der Waals surface area contributed by atoms with Crippen molar-refractivity contribution >= 4 is 38.8 Å². The van der Waals surface area contributed by atoms with Crippen LogP contribution in [-0.4, -0.2) is 17.6 Å². The maximum absolute atomic E-state index is 5.68. The van der Waals surface area contributed by atoms with Crippen molar-refractivity contribution in [2.24, 2.45) is 5.73 Å². The van der Waals surface area contributed by atoms with Crippen molar-refractivity contribution in [2.45, 2.75) is 38.6 Å². The summed E-state index contributed by atoms with van der Waals surface area (Å²) in [4.78, 5) is 2.93. The second kappa shape index (κ2) is 6.02. The average molecular weight is 327 g/mol. The lowest BCUT2D eigenvalue weighted by Crippen LogP contribution is -2.33. The van der Waals surface area contributed by atoms with E-state index in [9.17, 15) is 0 Å². The third-order valence-electron chi connectivity index (χ3n) is 3.66. The summed E-state index contributed by atoms with van der Waals surface area (Å²) in [6, 6.07) is 6.97. The summed E-state index contributed by atoms with van der Waals surface area (Å²) in [6.07, 6.45) is 5.33. The first-order chi connectivity index (χ1) is 8.63. The molecule has 1 saturated carbocycles. The van der Waals surface area contributed by atoms with Gasteiger partial charge in [-0.3, -0.25) is 0 Å². The Balaban J connectivity index is 2.26. The molecule has 4 heteroatoms. The number of hydrogen-bond donors (Lipinski definition) is 1. The minimum atomic E-state index is 0.442. The van der Waals surface area contributed by atoms with Gasteiger partial charge in [-0.15, -0.1) is 0 Å². The predicted octanol–water partition coefficient (Wildman–Crippen LogP) is 3.85. The first-order valence-electron chi connectivity index (χ1n) is 6.49. The monoisotopic (exact) mass is 326 g/mol. The van der Waals surface area contributed by atoms with Crippen LogP contribution in [0.25, 0.3) is 0 Å². The van der Waals surface area contributed by atoms with Gasteiger partial charge in [0.1, 0.15) is 4.99 Å². The van der Waals surface area contributed by atoms with E-state index in [0.29, 0.717) is 11.0 Å². The third-order valence-corrected chi connectivity index (χ3v) is 4.53. The molecule has 2 N–H and O–H groups in total. The number of nitrogens with zero attached hydrogens (tertiary/aromatic N) is 1. The number of anilines is 1. The van der Waals surface area contributed by atoms with E-state index in [-0.39, 0.29) is 0 Å². The molecule has 0 spiro atoms. The highest BCUT2D eigenvalue weighted by atomic mass is 79.9. The Morgan fingerprint density at radius 2 is 2.11 bits per heavy atom. The predicted molar refractivity (Wildman–Crippen MR) is 85.3 cm³/mol. The van der Waals surface area contributed by atoms with Gasteiger partial charge in [0, 0.05) is 28.3 Å². The highest BCUT2D eigenvalue weighted by molar-refractivity contribution is 9.10. The van der Waals surface area contributed by atoms with Crippen LogP contribution in [0.3, 0.4) is 0 Å². The summed E-state index contributed by atoms with van der Waals surface area (Å²) in [5.41, 5.74) is 7.86. The van der Waals surface area contributed by atoms with Gasteiger partial charge in [0.15, 0.2) is 0 Å². The molecule has 2 nitrogen and oxygen atoms in total. The lowest BCUT2D eigenvalue weighted by molar-refractivity contribution is 0.620. The van der Waals surface area contributed by atoms with Crippen LogP contribution in [0.1, 0.15) is 38.2 Å². The highest BCUT2D eigenvalue weighted by Gasteiger charge is 2.22. The van der Waals surface area contributed by atoms with Crippen LogP contribution < -0.4 is 10.6 Å². The van der Waals surface area contributed by atoms with E-state index < -0.39 is 0 Å². The van der Waals surface area contributed by atoms with E-state index in [0.717, 1.165) is 16.6 Å². The van der Waals surface area contributed by atoms with Gasteiger partial charge in [0.25, 0.3) is 0 Å². The molecule has 0 heterocycles. The summed E-state index contributed by atoms with van der Waals surface area (Å²) in [5, 5.41) is 0. The molecule has 0 radical (unpaired) electrons. The number of benzene rings is 1. The van der Waals surface area contributed by atoms with Crippen LogP contribution in [-0.2, 0) is 0 Å². The van der Waals surface area contributed by atoms with Gasteiger partial charge in [-0.2, -0.15) is 0 Å². The lowest BCUT2D eigenvalue weighted by Gasteiger charge is -2.30. The number of rotatable bonds is 4. The summed E-state index contributed by atoms with van der Waals surface area (Å²) < 4.78 is 0.990. The van der Waals surface area contributed by atoms with Crippen molar-refractivity contribution in [3.63, 3.8) is 0 Å². The van der Waals surface area contributed by atoms with Crippen molar-refractivity contribution in [2.75, 3.05) is 11.4 Å². The average Bonchev–Trinajstić information content (AvgIpc) is 2.83. The number of thiocarbonyl (C=S) groups is 1. The standard InChI is InChI=1S/C14H19BrN2S/c1-2-17(10-5-3-4-6-10)11-7-8-12(14(16)18)13(15)9-11/h7-10H,2-6H2,1H3,(H2,16,18). The fourth-order valence-corrected chi connectivity index (χ4v) is 3.64. The van der Waals surface area contributed by atoms with Crippen LogP contribution in [0.2, 0.25) is 0 Å². The molecule has 18 heavy (non-hydrogen) atoms. The van der Waals surface area contributed by atoms with Crippen molar-refractivity contribution in [1.82, 2.24) is 0 Å². The van der Waals surface area contributed by atoms with Crippen molar-refractivity contribution in [3.8, 4) is 0 Å². The molecule has 0 atom stereocenters. The summed E-state index contributed by atoms with van der Waals surface area (Å²) in [7, 11) is 0. The SMILES string of the molecule is CCN(c1ccc(C(N)=S)c(Br)c1)C1CCCC1. The highest BCUT2D eigenvalue weighted by Crippen LogP contribution is 2.30. The molecule has 98 valence electrons. The Morgan fingerprint density at radius 1 is 1.44 bits per heavy atom. The fourth-order valence-electron chi connectivity index (χ4n) is 2.75. The van der Waals surface area contributed by atoms with E-state index in [2.05, 4.69) is 39.9 Å². The van der Waals surface area contributed by atoms with Gasteiger partial charge in [-0.25, -0.2) is 0 Å². The topological polar surface area (TPSA) is 29.3 Å². The van der Waals surface area contributed by atoms with Gasteiger partial charge < -0.3 is 10.6 Å². The van der Waals surface area contributed by atoms with Gasteiger partial charge in [0.05, 0.1) is 0 Å². The van der Waals surface area contributed by atoms with E-state index in [1.165, 1.54) is 31.4 Å². The van der Waals surface area contributed by atoms with Crippen LogP contribution >= 0.6 is 28.1 Å². The van der Waals surface area contributed by atoms with Crippen LogP contribution in [0, 0.1) is 0 Å². The van der Waals surface area contributed by atoms with Crippen molar-refractivity contribution < 1.29 is 0 Å².